The first kappa shape index (κ1) is 25.0. The van der Waals surface area contributed by atoms with E-state index in [0.29, 0.717) is 0 Å². The zero-order valence-corrected chi connectivity index (χ0v) is 13.6. The third-order valence-corrected chi connectivity index (χ3v) is 9.83. The van der Waals surface area contributed by atoms with Crippen LogP contribution in [0.1, 0.15) is 0 Å². The van der Waals surface area contributed by atoms with Gasteiger partial charge in [-0.1, -0.05) is 0 Å². The molecular weight excluding hydrogens is 302 g/mol. The molecule has 5 heteroatoms. The minimum absolute atomic E-state index is 0. The molecule has 0 atom stereocenters. The van der Waals surface area contributed by atoms with Crippen LogP contribution < -0.4 is 37.2 Å². The monoisotopic (exact) mass is 318 g/mol. The van der Waals surface area contributed by atoms with Crippen LogP contribution in [0.4, 0.5) is 0 Å². The number of hydrogen-bond acceptors (Lipinski definition) is 0. The quantitative estimate of drug-likeness (QED) is 0.324. The molecule has 0 nitrogen and oxygen atoms in total. The fourth-order valence-electron chi connectivity index (χ4n) is 1.39. The Kier molecular flexibility index (Phi) is 25.1. The normalized spacial score (nSPS) is 8.67. The Balaban J connectivity index is -0.000000202. The van der Waals surface area contributed by atoms with Crippen molar-refractivity contribution in [2.24, 2.45) is 0 Å². The van der Waals surface area contributed by atoms with Crippen LogP contribution in [-0.4, -0.2) is 8.07 Å². The summed E-state index contributed by atoms with van der Waals surface area (Å²) in [5, 5.41) is 0. The van der Waals surface area contributed by atoms with Crippen molar-refractivity contribution in [3.05, 3.63) is 38.0 Å². The van der Waals surface area contributed by atoms with Gasteiger partial charge in [0.1, 0.15) is 0 Å². The van der Waals surface area contributed by atoms with E-state index in [0.717, 1.165) is 0 Å². The van der Waals surface area contributed by atoms with E-state index in [1.807, 2.05) is 0 Å². The fourth-order valence-corrected chi connectivity index (χ4v) is 6.18. The molecule has 15 heavy (non-hydrogen) atoms. The summed E-state index contributed by atoms with van der Waals surface area (Å²) < 4.78 is 1.30. The van der Waals surface area contributed by atoms with Gasteiger partial charge >= 0.3 is 89.0 Å². The molecule has 0 saturated heterocycles. The average Bonchev–Trinajstić information content (AvgIpc) is 2.06. The molecule has 0 aliphatic heterocycles. The molecule has 0 heterocycles. The van der Waals surface area contributed by atoms with Crippen LogP contribution in [0.25, 0.3) is 0 Å². The molecule has 0 aromatic rings. The summed E-state index contributed by atoms with van der Waals surface area (Å²) in [6.45, 7) is 11.5. The SMILES string of the molecule is C=CC[Si]([CH2][Ti+3])(CC=C)CC=C.[Cl-].[Cl-].[Cl-]. The Bertz CT molecular complexity index is 148. The Morgan fingerprint density at radius 3 is 1.20 bits per heavy atom. The summed E-state index contributed by atoms with van der Waals surface area (Å²) in [6.07, 6.45) is 6.17. The topological polar surface area (TPSA) is 0 Å². The molecule has 0 amide bonds. The van der Waals surface area contributed by atoms with Gasteiger partial charge in [-0.2, -0.15) is 0 Å². The predicted octanol–water partition coefficient (Wildman–Crippen LogP) is -5.49. The number of allylic oxidation sites excluding steroid dienone is 3. The zero-order chi connectivity index (χ0) is 9.45. The molecule has 86 valence electrons. The molecule has 0 spiro atoms. The van der Waals surface area contributed by atoms with Crippen molar-refractivity contribution >= 4 is 8.07 Å². The maximum Gasteiger partial charge on any atom is -1.00 e. The van der Waals surface area contributed by atoms with Gasteiger partial charge in [0, 0.05) is 0 Å². The second kappa shape index (κ2) is 15.0. The van der Waals surface area contributed by atoms with E-state index in [1.54, 1.807) is 0 Å². The van der Waals surface area contributed by atoms with Gasteiger partial charge < -0.3 is 37.2 Å². The van der Waals surface area contributed by atoms with Crippen molar-refractivity contribution in [3.8, 4) is 0 Å². The van der Waals surface area contributed by atoms with Crippen LogP contribution in [0.2, 0.25) is 22.5 Å². The van der Waals surface area contributed by atoms with Crippen molar-refractivity contribution in [1.82, 2.24) is 0 Å². The molecule has 0 saturated carbocycles. The predicted molar refractivity (Wildman–Crippen MR) is 55.6 cm³/mol. The second-order valence-electron chi connectivity index (χ2n) is 3.16. The summed E-state index contributed by atoms with van der Waals surface area (Å²) in [5.41, 5.74) is 0. The van der Waals surface area contributed by atoms with E-state index in [9.17, 15) is 0 Å². The van der Waals surface area contributed by atoms with E-state index in [-0.39, 0.29) is 37.2 Å². The Hall–Kier alpha value is 1.02. The third-order valence-electron chi connectivity index (χ3n) is 2.11. The minimum atomic E-state index is -1.12. The van der Waals surface area contributed by atoms with Crippen LogP contribution in [0.3, 0.4) is 0 Å². The van der Waals surface area contributed by atoms with Crippen molar-refractivity contribution in [3.63, 3.8) is 0 Å². The first-order chi connectivity index (χ1) is 5.74. The van der Waals surface area contributed by atoms with Gasteiger partial charge in [-0.15, -0.1) is 0 Å². The van der Waals surface area contributed by atoms with Crippen LogP contribution in [-0.2, 0) is 20.4 Å². The van der Waals surface area contributed by atoms with Crippen molar-refractivity contribution in [1.29, 1.82) is 0 Å². The molecule has 0 aromatic heterocycles. The summed E-state index contributed by atoms with van der Waals surface area (Å²) in [5.74, 6) is 0. The first-order valence-corrected chi connectivity index (χ1v) is 8.15. The van der Waals surface area contributed by atoms with Crippen LogP contribution >= 0.6 is 0 Å². The molecule has 0 unspecified atom stereocenters. The van der Waals surface area contributed by atoms with Gasteiger partial charge in [-0.25, -0.2) is 0 Å². The van der Waals surface area contributed by atoms with Crippen LogP contribution in [0.15, 0.2) is 38.0 Å². The number of hydrogen-bond donors (Lipinski definition) is 0. The standard InChI is InChI=1S/C10H17Si.3ClH.Ti/c1-5-8-11(4,9-6-2)10-7-3;;;;/h5-7H,1-4,8-10H2;3*1H;/q;;;;+3/p-3. The fraction of sp³-hybridized carbons (Fsp3) is 0.400. The molecule has 0 radical (unpaired) electrons. The second-order valence-corrected chi connectivity index (χ2v) is 9.39. The maximum atomic E-state index is 3.82. The molecule has 0 aliphatic rings. The van der Waals surface area contributed by atoms with Gasteiger partial charge in [0.05, 0.1) is 0 Å². The minimum Gasteiger partial charge on any atom is -1.00 e. The molecule has 0 N–H and O–H groups in total. The van der Waals surface area contributed by atoms with Gasteiger partial charge in [-0.3, -0.25) is 0 Å². The Labute approximate surface area is 125 Å². The molecule has 0 fully saturated rings. The van der Waals surface area contributed by atoms with E-state index in [4.69, 9.17) is 0 Å². The number of rotatable bonds is 7. The maximum absolute atomic E-state index is 3.82. The first-order valence-electron chi connectivity index (χ1n) is 4.22. The largest absolute Gasteiger partial charge is 1.00 e. The summed E-state index contributed by atoms with van der Waals surface area (Å²) in [4.78, 5) is 0. The molecule has 0 bridgehead atoms. The summed E-state index contributed by atoms with van der Waals surface area (Å²) in [7, 11) is -1.12. The van der Waals surface area contributed by atoms with Gasteiger partial charge in [-0.05, 0) is 0 Å². The van der Waals surface area contributed by atoms with Gasteiger partial charge in [0.25, 0.3) is 0 Å². The van der Waals surface area contributed by atoms with E-state index >= 15 is 0 Å². The van der Waals surface area contributed by atoms with Gasteiger partial charge in [0.15, 0.2) is 0 Å². The van der Waals surface area contributed by atoms with Crippen molar-refractivity contribution in [2.45, 2.75) is 22.5 Å². The summed E-state index contributed by atoms with van der Waals surface area (Å²) >= 11 is 2.28. The molecular formula is C10H17Cl3SiTi. The third kappa shape index (κ3) is 9.92. The Morgan fingerprint density at radius 2 is 1.07 bits per heavy atom. The number of halogens is 3. The van der Waals surface area contributed by atoms with Crippen molar-refractivity contribution < 1.29 is 57.7 Å². The van der Waals surface area contributed by atoms with E-state index < -0.39 is 8.07 Å². The van der Waals surface area contributed by atoms with Crippen LogP contribution in [0.5, 0.6) is 0 Å². The van der Waals surface area contributed by atoms with E-state index in [2.05, 4.69) is 58.4 Å². The Morgan fingerprint density at radius 1 is 0.800 bits per heavy atom. The molecule has 0 aromatic carbocycles. The zero-order valence-electron chi connectivity index (χ0n) is 8.82. The average molecular weight is 320 g/mol. The molecule has 0 aliphatic carbocycles. The molecule has 0 rings (SSSR count). The van der Waals surface area contributed by atoms with Crippen LogP contribution in [0, 0.1) is 0 Å². The van der Waals surface area contributed by atoms with E-state index in [1.165, 1.54) is 22.5 Å². The van der Waals surface area contributed by atoms with Gasteiger partial charge in [0.2, 0.25) is 0 Å². The smallest absolute Gasteiger partial charge is 1.00 e. The van der Waals surface area contributed by atoms with Crippen molar-refractivity contribution in [2.75, 3.05) is 0 Å². The summed E-state index contributed by atoms with van der Waals surface area (Å²) in [6, 6.07) is 3.59.